The first-order valence-electron chi connectivity index (χ1n) is 7.53. The molecule has 0 radical (unpaired) electrons. The van der Waals surface area contributed by atoms with E-state index in [2.05, 4.69) is 9.97 Å². The van der Waals surface area contributed by atoms with E-state index in [1.54, 1.807) is 30.5 Å². The van der Waals surface area contributed by atoms with Gasteiger partial charge in [-0.3, -0.25) is 9.36 Å². The van der Waals surface area contributed by atoms with Crippen LogP contribution in [0.2, 0.25) is 5.15 Å². The monoisotopic (exact) mass is 397 g/mol. The molecule has 0 aliphatic rings. The number of halogens is 1. The van der Waals surface area contributed by atoms with Crippen molar-refractivity contribution >= 4 is 31.7 Å². The Morgan fingerprint density at radius 1 is 1.19 bits per heavy atom. The molecule has 11 heteroatoms. The van der Waals surface area contributed by atoms with Gasteiger partial charge < -0.3 is 9.26 Å². The third kappa shape index (κ3) is 2.97. The van der Waals surface area contributed by atoms with Crippen LogP contribution in [0.5, 0.6) is 0 Å². The van der Waals surface area contributed by atoms with Crippen molar-refractivity contribution in [2.45, 2.75) is 19.6 Å². The van der Waals surface area contributed by atoms with Crippen LogP contribution < -0.4 is 11.2 Å². The van der Waals surface area contributed by atoms with E-state index in [1.165, 1.54) is 31.3 Å². The minimum absolute atomic E-state index is 0.207. The smallest absolute Gasteiger partial charge is 0.340 e. The predicted molar refractivity (Wildman–Crippen MR) is 99.4 cm³/mol. The molecule has 0 aliphatic heterocycles. The molecule has 3 aromatic rings. The molecular weight excluding hydrogens is 381 g/mol. The van der Waals surface area contributed by atoms with Gasteiger partial charge in [-0.15, -0.1) is 0 Å². The lowest BCUT2D eigenvalue weighted by Crippen LogP contribution is -2.45. The molecule has 9 nitrogen and oxygen atoms in total. The van der Waals surface area contributed by atoms with Crippen LogP contribution in [0.15, 0.2) is 34.2 Å². The number of ether oxygens (including phenoxy) is 1. The molecule has 0 aliphatic carbocycles. The largest absolute Gasteiger partial charge is 0.359 e. The average molecular weight is 398 g/mol. The van der Waals surface area contributed by atoms with Crippen LogP contribution in [0.25, 0.3) is 16.9 Å². The number of methoxy groups -OCH3 is 1. The maximum Gasteiger partial charge on any atom is 0.340 e. The SMILES string of the molecule is COPn1c(=O)c2c(ncn2-c2ccc(Cl)nc2)n(C(C)(C)OC)c1=O. The van der Waals surface area contributed by atoms with E-state index in [1.807, 2.05) is 0 Å². The second-order valence-corrected chi connectivity index (χ2v) is 7.26. The van der Waals surface area contributed by atoms with Crippen LogP contribution in [0, 0.1) is 0 Å². The van der Waals surface area contributed by atoms with Gasteiger partial charge in [0.25, 0.3) is 5.56 Å². The minimum Gasteiger partial charge on any atom is -0.359 e. The Balaban J connectivity index is 2.44. The summed E-state index contributed by atoms with van der Waals surface area (Å²) in [5.41, 5.74) is -1.10. The Labute approximate surface area is 155 Å². The standard InChI is InChI=1S/C15H17ClN5O4P/c1-15(2,24-3)20-12-11(13(22)21(14(20)23)26-25-4)19(8-18-12)9-5-6-10(16)17-7-9/h5-8,26H,1-4H3. The van der Waals surface area contributed by atoms with Crippen molar-refractivity contribution in [2.75, 3.05) is 14.2 Å². The third-order valence-electron chi connectivity index (χ3n) is 3.96. The van der Waals surface area contributed by atoms with E-state index in [0.29, 0.717) is 10.8 Å². The number of hydrogen-bond acceptors (Lipinski definition) is 6. The van der Waals surface area contributed by atoms with Gasteiger partial charge in [0.1, 0.15) is 26.2 Å². The number of pyridine rings is 1. The van der Waals surface area contributed by atoms with E-state index < -0.39 is 25.9 Å². The normalized spacial score (nSPS) is 12.5. The topological polar surface area (TPSA) is 93.2 Å². The molecule has 3 heterocycles. The molecule has 1 atom stereocenters. The van der Waals surface area contributed by atoms with E-state index in [0.717, 1.165) is 4.34 Å². The zero-order chi connectivity index (χ0) is 19.1. The van der Waals surface area contributed by atoms with Crippen LogP contribution >= 0.6 is 20.6 Å². The molecule has 0 bridgehead atoms. The second kappa shape index (κ2) is 6.92. The van der Waals surface area contributed by atoms with Gasteiger partial charge in [-0.25, -0.2) is 23.7 Å². The van der Waals surface area contributed by atoms with Crippen LogP contribution in [-0.4, -0.2) is 37.7 Å². The van der Waals surface area contributed by atoms with Crippen molar-refractivity contribution in [2.24, 2.45) is 0 Å². The summed E-state index contributed by atoms with van der Waals surface area (Å²) >= 11 is 5.83. The Bertz CT molecular complexity index is 1070. The summed E-state index contributed by atoms with van der Waals surface area (Å²) in [6.45, 7) is 3.42. The summed E-state index contributed by atoms with van der Waals surface area (Å²) in [6, 6.07) is 3.31. The highest BCUT2D eigenvalue weighted by molar-refractivity contribution is 7.30. The molecule has 0 aromatic carbocycles. The van der Waals surface area contributed by atoms with E-state index >= 15 is 0 Å². The van der Waals surface area contributed by atoms with Crippen LogP contribution in [0.3, 0.4) is 0 Å². The highest BCUT2D eigenvalue weighted by Gasteiger charge is 2.28. The van der Waals surface area contributed by atoms with Crippen molar-refractivity contribution in [1.29, 1.82) is 0 Å². The van der Waals surface area contributed by atoms with Gasteiger partial charge in [-0.2, -0.15) is 0 Å². The fourth-order valence-corrected chi connectivity index (χ4v) is 3.20. The zero-order valence-corrected chi connectivity index (χ0v) is 16.3. The first-order chi connectivity index (χ1) is 12.3. The maximum absolute atomic E-state index is 13.0. The van der Waals surface area contributed by atoms with Gasteiger partial charge in [-0.1, -0.05) is 11.6 Å². The molecule has 1 unspecified atom stereocenters. The Morgan fingerprint density at radius 2 is 1.92 bits per heavy atom. The van der Waals surface area contributed by atoms with E-state index in [-0.39, 0.29) is 11.2 Å². The van der Waals surface area contributed by atoms with Gasteiger partial charge in [0.15, 0.2) is 11.2 Å². The fourth-order valence-electron chi connectivity index (χ4n) is 2.54. The molecule has 0 amide bonds. The highest BCUT2D eigenvalue weighted by Crippen LogP contribution is 2.22. The van der Waals surface area contributed by atoms with Gasteiger partial charge in [0.05, 0.1) is 11.9 Å². The zero-order valence-electron chi connectivity index (χ0n) is 14.6. The number of fused-ring (bicyclic) bond motifs is 1. The highest BCUT2D eigenvalue weighted by atomic mass is 35.5. The Kier molecular flexibility index (Phi) is 4.98. The molecular formula is C15H17ClN5O4P. The number of hydrogen-bond donors (Lipinski definition) is 0. The quantitative estimate of drug-likeness (QED) is 0.481. The molecule has 0 fully saturated rings. The molecule has 3 aromatic heterocycles. The lowest BCUT2D eigenvalue weighted by molar-refractivity contribution is -0.0457. The summed E-state index contributed by atoms with van der Waals surface area (Å²) in [4.78, 5) is 34.2. The number of aromatic nitrogens is 5. The molecule has 0 spiro atoms. The molecule has 0 saturated heterocycles. The summed E-state index contributed by atoms with van der Waals surface area (Å²) < 4.78 is 14.4. The third-order valence-corrected chi connectivity index (χ3v) is 4.94. The molecule has 0 saturated carbocycles. The van der Waals surface area contributed by atoms with Crippen molar-refractivity contribution in [1.82, 2.24) is 23.4 Å². The lowest BCUT2D eigenvalue weighted by Gasteiger charge is -2.26. The summed E-state index contributed by atoms with van der Waals surface area (Å²) in [5, 5.41) is 0.328. The predicted octanol–water partition coefficient (Wildman–Crippen LogP) is 1.74. The van der Waals surface area contributed by atoms with Crippen molar-refractivity contribution in [3.63, 3.8) is 0 Å². The number of nitrogens with zero attached hydrogens (tertiary/aromatic N) is 5. The van der Waals surface area contributed by atoms with Gasteiger partial charge in [0, 0.05) is 14.2 Å². The second-order valence-electron chi connectivity index (χ2n) is 5.83. The maximum atomic E-state index is 13.0. The van der Waals surface area contributed by atoms with Crippen LogP contribution in [-0.2, 0) is 15.0 Å². The van der Waals surface area contributed by atoms with Crippen LogP contribution in [0.1, 0.15) is 13.8 Å². The molecule has 138 valence electrons. The fraction of sp³-hybridized carbons (Fsp3) is 0.333. The summed E-state index contributed by atoms with van der Waals surface area (Å²) in [5.74, 6) is 0. The summed E-state index contributed by atoms with van der Waals surface area (Å²) in [6.07, 6.45) is 2.97. The van der Waals surface area contributed by atoms with E-state index in [9.17, 15) is 9.59 Å². The van der Waals surface area contributed by atoms with Crippen molar-refractivity contribution in [3.8, 4) is 5.69 Å². The van der Waals surface area contributed by atoms with Crippen molar-refractivity contribution in [3.05, 3.63) is 50.6 Å². The van der Waals surface area contributed by atoms with Crippen molar-refractivity contribution < 1.29 is 9.26 Å². The first-order valence-corrected chi connectivity index (χ1v) is 8.77. The van der Waals surface area contributed by atoms with Gasteiger partial charge in [0.2, 0.25) is 0 Å². The first kappa shape index (κ1) is 18.7. The molecule has 0 N–H and O–H groups in total. The van der Waals surface area contributed by atoms with Crippen LogP contribution in [0.4, 0.5) is 0 Å². The Morgan fingerprint density at radius 3 is 2.50 bits per heavy atom. The van der Waals surface area contributed by atoms with Gasteiger partial charge in [-0.05, 0) is 26.0 Å². The lowest BCUT2D eigenvalue weighted by atomic mass is 10.3. The minimum atomic E-state index is -1.03. The Hall–Kier alpha value is -2.06. The molecule has 26 heavy (non-hydrogen) atoms. The molecule has 3 rings (SSSR count). The number of rotatable bonds is 5. The summed E-state index contributed by atoms with van der Waals surface area (Å²) in [7, 11) is 2.42. The van der Waals surface area contributed by atoms with Gasteiger partial charge >= 0.3 is 5.69 Å². The number of imidazole rings is 1. The van der Waals surface area contributed by atoms with E-state index in [4.69, 9.17) is 20.9 Å². The average Bonchev–Trinajstić information content (AvgIpc) is 3.03.